The van der Waals surface area contributed by atoms with Crippen molar-refractivity contribution in [2.45, 2.75) is 32.6 Å². The van der Waals surface area contributed by atoms with Gasteiger partial charge in [0, 0.05) is 26.1 Å². The van der Waals surface area contributed by atoms with Gasteiger partial charge in [-0.2, -0.15) is 0 Å². The van der Waals surface area contributed by atoms with Gasteiger partial charge in [-0.3, -0.25) is 4.79 Å². The Labute approximate surface area is 128 Å². The maximum atomic E-state index is 12.0. The topological polar surface area (TPSA) is 71.5 Å². The van der Waals surface area contributed by atoms with Crippen molar-refractivity contribution >= 4 is 28.3 Å². The van der Waals surface area contributed by atoms with Gasteiger partial charge in [-0.05, 0) is 26.2 Å². The Morgan fingerprint density at radius 2 is 2.05 bits per heavy atom. The number of methoxy groups -OCH3 is 1. The van der Waals surface area contributed by atoms with Crippen LogP contribution in [0.2, 0.25) is 0 Å². The van der Waals surface area contributed by atoms with Crippen molar-refractivity contribution in [3.63, 3.8) is 0 Å². The maximum Gasteiger partial charge on any atom is 0.350 e. The predicted octanol–water partition coefficient (Wildman–Crippen LogP) is 2.05. The van der Waals surface area contributed by atoms with Gasteiger partial charge in [-0.15, -0.1) is 0 Å². The van der Waals surface area contributed by atoms with E-state index in [1.165, 1.54) is 24.9 Å². The molecule has 0 unspecified atom stereocenters. The molecule has 1 saturated heterocycles. The van der Waals surface area contributed by atoms with Crippen molar-refractivity contribution in [1.82, 2.24) is 9.88 Å². The molecule has 21 heavy (non-hydrogen) atoms. The molecule has 6 nitrogen and oxygen atoms in total. The molecule has 0 aliphatic carbocycles. The third kappa shape index (κ3) is 4.17. The second kappa shape index (κ2) is 7.40. The van der Waals surface area contributed by atoms with Gasteiger partial charge in [0.15, 0.2) is 5.13 Å². The number of esters is 1. The molecule has 116 valence electrons. The second-order valence-electron chi connectivity index (χ2n) is 5.04. The predicted molar refractivity (Wildman–Crippen MR) is 81.7 cm³/mol. The fourth-order valence-corrected chi connectivity index (χ4v) is 3.24. The van der Waals surface area contributed by atoms with Crippen LogP contribution in [0, 0.1) is 6.92 Å². The minimum Gasteiger partial charge on any atom is -0.465 e. The highest BCUT2D eigenvalue weighted by atomic mass is 32.1. The molecule has 7 heteroatoms. The zero-order chi connectivity index (χ0) is 15.2. The Balaban J connectivity index is 1.80. The number of rotatable bonds is 5. The number of amides is 1. The standard InChI is InChI=1S/C14H21N3O3S/c1-10-12(13(19)20-2)21-14(16-10)15-7-6-11(18)17-8-4-3-5-9-17/h3-9H2,1-2H3,(H,15,16). The lowest BCUT2D eigenvalue weighted by Crippen LogP contribution is -2.36. The summed E-state index contributed by atoms with van der Waals surface area (Å²) in [5.41, 5.74) is 0.650. The van der Waals surface area contributed by atoms with Gasteiger partial charge < -0.3 is 15.0 Å². The first-order valence-electron chi connectivity index (χ1n) is 7.19. The van der Waals surface area contributed by atoms with E-state index >= 15 is 0 Å². The molecule has 0 saturated carbocycles. The van der Waals surface area contributed by atoms with Gasteiger partial charge >= 0.3 is 5.97 Å². The fraction of sp³-hybridized carbons (Fsp3) is 0.643. The largest absolute Gasteiger partial charge is 0.465 e. The average molecular weight is 311 g/mol. The molecule has 0 spiro atoms. The number of hydrogen-bond donors (Lipinski definition) is 1. The number of nitrogens with one attached hydrogen (secondary N) is 1. The Morgan fingerprint density at radius 1 is 1.33 bits per heavy atom. The lowest BCUT2D eigenvalue weighted by atomic mass is 10.1. The Hall–Kier alpha value is -1.63. The van der Waals surface area contributed by atoms with Gasteiger partial charge in [0.1, 0.15) is 4.88 Å². The van der Waals surface area contributed by atoms with Crippen molar-refractivity contribution in [2.75, 3.05) is 32.1 Å². The summed E-state index contributed by atoms with van der Waals surface area (Å²) in [4.78, 5) is 30.2. The van der Waals surface area contributed by atoms with Gasteiger partial charge in [-0.25, -0.2) is 9.78 Å². The summed E-state index contributed by atoms with van der Waals surface area (Å²) in [7, 11) is 1.35. The highest BCUT2D eigenvalue weighted by Gasteiger charge is 2.17. The highest BCUT2D eigenvalue weighted by Crippen LogP contribution is 2.23. The lowest BCUT2D eigenvalue weighted by Gasteiger charge is -2.26. The summed E-state index contributed by atoms with van der Waals surface area (Å²) in [6.07, 6.45) is 3.88. The number of ether oxygens (including phenoxy) is 1. The number of nitrogens with zero attached hydrogens (tertiary/aromatic N) is 2. The summed E-state index contributed by atoms with van der Waals surface area (Å²) in [5.74, 6) is -0.189. The quantitative estimate of drug-likeness (QED) is 0.843. The molecule has 1 fully saturated rings. The van der Waals surface area contributed by atoms with E-state index in [1.807, 2.05) is 4.90 Å². The van der Waals surface area contributed by atoms with E-state index in [9.17, 15) is 9.59 Å². The molecule has 0 atom stereocenters. The number of anilines is 1. The molecule has 1 aromatic heterocycles. The van der Waals surface area contributed by atoms with Crippen molar-refractivity contribution in [3.05, 3.63) is 10.6 Å². The molecule has 1 amide bonds. The van der Waals surface area contributed by atoms with Crippen LogP contribution >= 0.6 is 11.3 Å². The van der Waals surface area contributed by atoms with Crippen LogP contribution in [0.4, 0.5) is 5.13 Å². The zero-order valence-electron chi connectivity index (χ0n) is 12.5. The number of thiazole rings is 1. The van der Waals surface area contributed by atoms with Crippen LogP contribution in [0.3, 0.4) is 0 Å². The highest BCUT2D eigenvalue weighted by molar-refractivity contribution is 7.17. The molecule has 2 rings (SSSR count). The number of aromatic nitrogens is 1. The molecule has 1 N–H and O–H groups in total. The average Bonchev–Trinajstić information content (AvgIpc) is 2.88. The van der Waals surface area contributed by atoms with Gasteiger partial charge in [0.25, 0.3) is 0 Å². The monoisotopic (exact) mass is 311 g/mol. The van der Waals surface area contributed by atoms with Gasteiger partial charge in [-0.1, -0.05) is 11.3 Å². The number of piperidine rings is 1. The number of carbonyl (C=O) groups is 2. The summed E-state index contributed by atoms with van der Waals surface area (Å²) < 4.78 is 4.70. The third-order valence-electron chi connectivity index (χ3n) is 3.49. The van der Waals surface area contributed by atoms with E-state index in [0.29, 0.717) is 28.7 Å². The van der Waals surface area contributed by atoms with E-state index in [2.05, 4.69) is 10.3 Å². The molecule has 1 aromatic rings. The SMILES string of the molecule is COC(=O)c1sc(NCCC(=O)N2CCCCC2)nc1C. The van der Waals surface area contributed by atoms with E-state index in [1.54, 1.807) is 6.92 Å². The molecule has 1 aliphatic heterocycles. The fourth-order valence-electron chi connectivity index (χ4n) is 2.33. The first kappa shape index (κ1) is 15.8. The van der Waals surface area contributed by atoms with Crippen LogP contribution in [0.1, 0.15) is 41.0 Å². The van der Waals surface area contributed by atoms with Crippen LogP contribution in [0.25, 0.3) is 0 Å². The molecular weight excluding hydrogens is 290 g/mol. The number of likely N-dealkylation sites (tertiary alicyclic amines) is 1. The molecule has 0 aromatic carbocycles. The Bertz CT molecular complexity index is 510. The zero-order valence-corrected chi connectivity index (χ0v) is 13.3. The van der Waals surface area contributed by atoms with Crippen molar-refractivity contribution in [3.8, 4) is 0 Å². The second-order valence-corrected chi connectivity index (χ2v) is 6.04. The van der Waals surface area contributed by atoms with E-state index in [-0.39, 0.29) is 11.9 Å². The summed E-state index contributed by atoms with van der Waals surface area (Å²) in [5, 5.41) is 3.76. The molecular formula is C14H21N3O3S. The van der Waals surface area contributed by atoms with Crippen molar-refractivity contribution < 1.29 is 14.3 Å². The van der Waals surface area contributed by atoms with E-state index < -0.39 is 0 Å². The molecule has 0 radical (unpaired) electrons. The number of carbonyl (C=O) groups excluding carboxylic acids is 2. The molecule has 2 heterocycles. The smallest absolute Gasteiger partial charge is 0.350 e. The summed E-state index contributed by atoms with van der Waals surface area (Å²) >= 11 is 1.26. The maximum absolute atomic E-state index is 12.0. The van der Waals surface area contributed by atoms with Crippen molar-refractivity contribution in [2.24, 2.45) is 0 Å². The van der Waals surface area contributed by atoms with E-state index in [0.717, 1.165) is 25.9 Å². The Morgan fingerprint density at radius 3 is 2.71 bits per heavy atom. The summed E-state index contributed by atoms with van der Waals surface area (Å²) in [6, 6.07) is 0. The van der Waals surface area contributed by atoms with Crippen LogP contribution in [-0.2, 0) is 9.53 Å². The first-order valence-corrected chi connectivity index (χ1v) is 8.01. The molecule has 0 bridgehead atoms. The van der Waals surface area contributed by atoms with Crippen LogP contribution < -0.4 is 5.32 Å². The number of aryl methyl sites for hydroxylation is 1. The normalized spacial score (nSPS) is 14.9. The van der Waals surface area contributed by atoms with E-state index in [4.69, 9.17) is 4.74 Å². The Kier molecular flexibility index (Phi) is 5.55. The minimum absolute atomic E-state index is 0.184. The molecule has 1 aliphatic rings. The lowest BCUT2D eigenvalue weighted by molar-refractivity contribution is -0.131. The number of hydrogen-bond acceptors (Lipinski definition) is 6. The summed E-state index contributed by atoms with van der Waals surface area (Å²) in [6.45, 7) is 4.05. The minimum atomic E-state index is -0.373. The van der Waals surface area contributed by atoms with Gasteiger partial charge in [0.05, 0.1) is 12.8 Å². The third-order valence-corrected chi connectivity index (χ3v) is 4.59. The van der Waals surface area contributed by atoms with Crippen molar-refractivity contribution in [1.29, 1.82) is 0 Å². The first-order chi connectivity index (χ1) is 10.1. The van der Waals surface area contributed by atoms with Gasteiger partial charge in [0.2, 0.25) is 5.91 Å². The van der Waals surface area contributed by atoms with Crippen LogP contribution in [0.15, 0.2) is 0 Å². The van der Waals surface area contributed by atoms with Crippen LogP contribution in [0.5, 0.6) is 0 Å². The van der Waals surface area contributed by atoms with Crippen LogP contribution in [-0.4, -0.2) is 48.5 Å².